The number of rotatable bonds is 26. The minimum absolute atomic E-state index is 0.00605. The van der Waals surface area contributed by atoms with Crippen LogP contribution in [0.5, 0.6) is 17.2 Å². The molecule has 3 N–H and O–H groups in total. The van der Waals surface area contributed by atoms with E-state index in [1.54, 1.807) is 122 Å². The van der Waals surface area contributed by atoms with Crippen LogP contribution in [0.25, 0.3) is 11.1 Å². The minimum Gasteiger partial charge on any atom is -0.493 e. The first-order chi connectivity index (χ1) is 39.8. The average Bonchev–Trinajstić information content (AvgIpc) is 1.74. The Bertz CT molecular complexity index is 2910. The van der Waals surface area contributed by atoms with Gasteiger partial charge in [-0.15, -0.1) is 0 Å². The highest BCUT2D eigenvalue weighted by Gasteiger charge is 2.37. The molecule has 0 aliphatic carbocycles. The largest absolute Gasteiger partial charge is 0.493 e. The summed E-state index contributed by atoms with van der Waals surface area (Å²) in [6.07, 6.45) is 4.93. The van der Waals surface area contributed by atoms with Crippen molar-refractivity contribution in [2.75, 3.05) is 33.4 Å². The number of alkyl carbamates (subject to hydrolysis) is 2. The van der Waals surface area contributed by atoms with Gasteiger partial charge in [0.2, 0.25) is 11.8 Å². The summed E-state index contributed by atoms with van der Waals surface area (Å²) in [5, 5.41) is 8.35. The normalized spacial score (nSPS) is 16.2. The first-order valence-corrected chi connectivity index (χ1v) is 29.8. The van der Waals surface area contributed by atoms with E-state index in [2.05, 4.69) is 22.9 Å². The van der Waals surface area contributed by atoms with Gasteiger partial charge in [0, 0.05) is 61.4 Å². The van der Waals surface area contributed by atoms with E-state index in [0.29, 0.717) is 58.1 Å². The monoisotopic (exact) mass is 1160 g/mol. The fourth-order valence-electron chi connectivity index (χ4n) is 9.95. The van der Waals surface area contributed by atoms with Gasteiger partial charge in [0.1, 0.15) is 41.1 Å². The molecule has 17 nitrogen and oxygen atoms in total. The number of nitrogens with one attached hydrogen (secondary N) is 3. The number of Topliss-reactive ketones (excluding diaryl/α,β-unsaturated/α-hetero) is 3. The van der Waals surface area contributed by atoms with Crippen LogP contribution in [-0.2, 0) is 46.3 Å². The lowest BCUT2D eigenvalue weighted by Gasteiger charge is -2.32. The summed E-state index contributed by atoms with van der Waals surface area (Å²) in [7, 11) is 1.49. The van der Waals surface area contributed by atoms with Crippen molar-refractivity contribution in [2.24, 2.45) is 17.8 Å². The van der Waals surface area contributed by atoms with E-state index in [1.807, 2.05) is 32.0 Å². The number of carbonyl (C=O) groups excluding carboxylic acids is 8. The van der Waals surface area contributed by atoms with Gasteiger partial charge in [0.05, 0.1) is 25.1 Å². The SMILES string of the molecule is CCCCCCCc1ccc(C(=O)C[C@@H](CCNC(=O)OC(C)(C)C)C(=O)N(C)[C@@H]2C(=O)C[C@@H](C)C(=O)N[C@H](C(=O)C[C@@H](C)C(=O)Oc3ccccc3)Cc3ccc(OCCNC(=O)OC(C)(C)C)c(c3)-c3cc2ccc3OCCC)c(C)c1. The zero-order valence-corrected chi connectivity index (χ0v) is 51.5. The third-order valence-corrected chi connectivity index (χ3v) is 14.3. The third kappa shape index (κ3) is 21.3. The average molecular weight is 1160 g/mol. The molecule has 0 saturated heterocycles. The molecule has 4 bridgehead atoms. The number of amides is 4. The highest BCUT2D eigenvalue weighted by Crippen LogP contribution is 2.41. The van der Waals surface area contributed by atoms with Gasteiger partial charge in [-0.2, -0.15) is 0 Å². The highest BCUT2D eigenvalue weighted by molar-refractivity contribution is 6.01. The molecule has 0 spiro atoms. The van der Waals surface area contributed by atoms with Crippen LogP contribution in [0.3, 0.4) is 0 Å². The summed E-state index contributed by atoms with van der Waals surface area (Å²) in [6.45, 7) is 20.0. The lowest BCUT2D eigenvalue weighted by molar-refractivity contribution is -0.142. The minimum atomic E-state index is -1.34. The number of unbranched alkanes of at least 4 members (excludes halogenated alkanes) is 4. The summed E-state index contributed by atoms with van der Waals surface area (Å²) < 4.78 is 29.3. The molecule has 4 aromatic rings. The molecule has 0 aromatic heterocycles. The summed E-state index contributed by atoms with van der Waals surface area (Å²) in [6, 6.07) is 22.2. The highest BCUT2D eigenvalue weighted by atomic mass is 16.6. The molecule has 4 amide bonds. The molecule has 1 aliphatic rings. The van der Waals surface area contributed by atoms with Crippen LogP contribution in [-0.4, -0.2) is 103 Å². The van der Waals surface area contributed by atoms with Gasteiger partial charge in [0.25, 0.3) is 0 Å². The van der Waals surface area contributed by atoms with E-state index in [0.717, 1.165) is 36.8 Å². The van der Waals surface area contributed by atoms with Gasteiger partial charge in [-0.25, -0.2) is 9.59 Å². The maximum absolute atomic E-state index is 15.4. The Morgan fingerprint density at radius 3 is 1.99 bits per heavy atom. The van der Waals surface area contributed by atoms with Crippen LogP contribution in [0.4, 0.5) is 9.59 Å². The van der Waals surface area contributed by atoms with Crippen molar-refractivity contribution in [3.05, 3.63) is 113 Å². The lowest BCUT2D eigenvalue weighted by Crippen LogP contribution is -2.46. The lowest BCUT2D eigenvalue weighted by atomic mass is 9.87. The molecule has 0 saturated carbocycles. The smallest absolute Gasteiger partial charge is 0.407 e. The number of aryl methyl sites for hydroxylation is 2. The van der Waals surface area contributed by atoms with Crippen molar-refractivity contribution in [2.45, 2.75) is 176 Å². The van der Waals surface area contributed by atoms with Crippen LogP contribution in [0.1, 0.15) is 172 Å². The number of hydrogen-bond acceptors (Lipinski definition) is 13. The van der Waals surface area contributed by atoms with Gasteiger partial charge in [-0.05, 0) is 139 Å². The van der Waals surface area contributed by atoms with E-state index >= 15 is 9.59 Å². The molecule has 84 heavy (non-hydrogen) atoms. The summed E-state index contributed by atoms with van der Waals surface area (Å²) >= 11 is 0. The molecular weight excluding hydrogens is 1070 g/mol. The van der Waals surface area contributed by atoms with Gasteiger partial charge < -0.3 is 44.5 Å². The zero-order valence-electron chi connectivity index (χ0n) is 51.5. The Labute approximate surface area is 497 Å². The number of nitrogens with zero attached hydrogens (tertiary/aromatic N) is 1. The Morgan fingerprint density at radius 2 is 1.35 bits per heavy atom. The maximum atomic E-state index is 15.4. The fraction of sp³-hybridized carbons (Fsp3) is 0.522. The number of para-hydroxylation sites is 1. The molecule has 1 aliphatic heterocycles. The van der Waals surface area contributed by atoms with Crippen LogP contribution in [0.2, 0.25) is 0 Å². The number of esters is 1. The van der Waals surface area contributed by atoms with E-state index in [9.17, 15) is 28.8 Å². The van der Waals surface area contributed by atoms with E-state index in [4.69, 9.17) is 23.7 Å². The number of likely N-dealkylation sites (N-methyl/N-ethyl adjacent to an activating group) is 1. The molecule has 1 heterocycles. The maximum Gasteiger partial charge on any atom is 0.407 e. The molecule has 17 heteroatoms. The first-order valence-electron chi connectivity index (χ1n) is 29.8. The van der Waals surface area contributed by atoms with Crippen LogP contribution < -0.4 is 30.2 Å². The second-order valence-electron chi connectivity index (χ2n) is 24.1. The van der Waals surface area contributed by atoms with Crippen molar-refractivity contribution in [3.8, 4) is 28.4 Å². The van der Waals surface area contributed by atoms with Crippen molar-refractivity contribution >= 4 is 47.3 Å². The number of ether oxygens (including phenoxy) is 5. The second-order valence-corrected chi connectivity index (χ2v) is 24.1. The predicted molar refractivity (Wildman–Crippen MR) is 323 cm³/mol. The van der Waals surface area contributed by atoms with Gasteiger partial charge in [-0.1, -0.05) is 102 Å². The van der Waals surface area contributed by atoms with Crippen molar-refractivity contribution in [1.82, 2.24) is 20.9 Å². The third-order valence-electron chi connectivity index (χ3n) is 14.3. The summed E-state index contributed by atoms with van der Waals surface area (Å²) in [5.74, 6) is -4.96. The van der Waals surface area contributed by atoms with Crippen molar-refractivity contribution in [1.29, 1.82) is 0 Å². The van der Waals surface area contributed by atoms with E-state index < -0.39 is 82.6 Å². The number of hydrogen-bond donors (Lipinski definition) is 3. The van der Waals surface area contributed by atoms with Crippen LogP contribution in [0.15, 0.2) is 84.9 Å². The molecule has 456 valence electrons. The van der Waals surface area contributed by atoms with Crippen molar-refractivity contribution < 1.29 is 62.0 Å². The van der Waals surface area contributed by atoms with Crippen LogP contribution >= 0.6 is 0 Å². The fourth-order valence-corrected chi connectivity index (χ4v) is 9.95. The van der Waals surface area contributed by atoms with Crippen molar-refractivity contribution in [3.63, 3.8) is 0 Å². The Kier molecular flexibility index (Phi) is 25.5. The summed E-state index contributed by atoms with van der Waals surface area (Å²) in [4.78, 5) is 114. The van der Waals surface area contributed by atoms with E-state index in [-0.39, 0.29) is 57.6 Å². The molecular formula is C67H90N4O13. The quantitative estimate of drug-likeness (QED) is 0.0231. The Morgan fingerprint density at radius 1 is 0.714 bits per heavy atom. The second kappa shape index (κ2) is 31.9. The van der Waals surface area contributed by atoms with Crippen LogP contribution in [0, 0.1) is 24.7 Å². The van der Waals surface area contributed by atoms with Gasteiger partial charge in [-0.3, -0.25) is 28.8 Å². The molecule has 0 radical (unpaired) electrons. The number of ketones is 3. The van der Waals surface area contributed by atoms with Gasteiger partial charge in [0.15, 0.2) is 17.3 Å². The summed E-state index contributed by atoms with van der Waals surface area (Å²) in [5.41, 5.74) is 2.73. The number of benzene rings is 4. The molecule has 0 fully saturated rings. The predicted octanol–water partition coefficient (Wildman–Crippen LogP) is 12.0. The van der Waals surface area contributed by atoms with Gasteiger partial charge >= 0.3 is 18.2 Å². The number of carbonyl (C=O) groups is 8. The number of fused-ring (bicyclic) bond motifs is 5. The molecule has 4 aromatic carbocycles. The standard InChI is InChI=1S/C67H90N4O13/c1-13-15-16-17-19-22-46-25-28-51(43(3)36-46)55(72)42-49(31-32-68-64(78)83-66(6,7)8)62(76)71(12)60-48-27-30-59(80-34-14-2)53(41-48)52-39-47(26-29-58(52)81-35-33-69-65(79)84-67(9,10)11)40-54(70-61(75)44(4)37-57(60)74)56(73)38-45(5)63(77)82-50-23-20-18-21-24-50/h18,20-21,23-30,36,39,41,44-45,49,54,60H,13-17,19,22,31-35,37-38,40,42H2,1-12H3,(H,68,78)(H,69,79)(H,70,75)/t44-,45-,49-,54+,60+/m1/s1. The molecule has 5 rings (SSSR count). The topological polar surface area (TPSA) is 222 Å². The molecule has 5 atom stereocenters. The van der Waals surface area contributed by atoms with E-state index in [1.165, 1.54) is 24.8 Å². The Hall–Kier alpha value is -7.56. The zero-order chi connectivity index (χ0) is 61.7. The Balaban J connectivity index is 1.60. The molecule has 0 unspecified atom stereocenters. The first kappa shape index (κ1) is 67.2.